The second-order valence-corrected chi connectivity index (χ2v) is 24.8. The summed E-state index contributed by atoms with van der Waals surface area (Å²) in [7, 11) is 1.85. The lowest BCUT2D eigenvalue weighted by atomic mass is 10.0. The zero-order valence-electron chi connectivity index (χ0n) is 53.9. The lowest BCUT2D eigenvalue weighted by Crippen LogP contribution is -2.60. The van der Waals surface area contributed by atoms with Crippen molar-refractivity contribution in [1.82, 2.24) is 47.5 Å². The monoisotopic (exact) mass is 1380 g/mol. The zero-order valence-corrected chi connectivity index (χ0v) is 55.5. The van der Waals surface area contributed by atoms with E-state index < -0.39 is 112 Å². The topological polar surface area (TPSA) is 616 Å². The number of primary amides is 1. The third-order valence-corrected chi connectivity index (χ3v) is 16.2. The molecule has 2 aromatic carbocycles. The van der Waals surface area contributed by atoms with Gasteiger partial charge in [0.15, 0.2) is 28.9 Å². The summed E-state index contributed by atoms with van der Waals surface area (Å²) in [6.07, 6.45) is 1.45. The molecule has 0 aliphatic heterocycles. The first-order valence-electron chi connectivity index (χ1n) is 30.7. The fourth-order valence-electron chi connectivity index (χ4n) is 9.08. The van der Waals surface area contributed by atoms with Gasteiger partial charge >= 0.3 is 5.69 Å². The quantitative estimate of drug-likeness (QED) is 0.00644. The number of rotatable bonds is 44. The highest BCUT2D eigenvalue weighted by Crippen LogP contribution is 2.35. The first-order chi connectivity index (χ1) is 45.5. The number of aromatic nitrogens is 1. The van der Waals surface area contributed by atoms with E-state index in [-0.39, 0.29) is 137 Å². The van der Waals surface area contributed by atoms with Gasteiger partial charge < -0.3 is 99.9 Å². The van der Waals surface area contributed by atoms with Gasteiger partial charge in [0.1, 0.15) is 48.3 Å². The number of nitrogens with two attached hydrogens (primary N) is 10. The number of carbonyl (C=O) groups is 9. The average Bonchev–Trinajstić information content (AvgIpc) is 0.908. The van der Waals surface area contributed by atoms with Gasteiger partial charge in [-0.25, -0.2) is 4.98 Å². The number of nitro groups is 1. The molecule has 0 saturated carbocycles. The van der Waals surface area contributed by atoms with Crippen LogP contribution in [0.5, 0.6) is 0 Å². The number of nitrogens with zero attached hydrogens (tertiary/aromatic N) is 6. The second kappa shape index (κ2) is 43.0. The zero-order chi connectivity index (χ0) is 71.3. The van der Waals surface area contributed by atoms with Crippen LogP contribution in [-0.4, -0.2) is 173 Å². The molecule has 526 valence electrons. The molecule has 0 radical (unpaired) electrons. The predicted molar refractivity (Wildman–Crippen MR) is 367 cm³/mol. The van der Waals surface area contributed by atoms with E-state index in [1.165, 1.54) is 25.3 Å². The number of amides is 9. The minimum atomic E-state index is -1.48. The fraction of sp³-hybridized carbons (Fsp3) is 0.492. The molecular weight excluding hydrogens is 1280 g/mol. The molecule has 0 spiro atoms. The van der Waals surface area contributed by atoms with Crippen molar-refractivity contribution in [2.75, 3.05) is 31.9 Å². The van der Waals surface area contributed by atoms with Crippen LogP contribution in [0.3, 0.4) is 0 Å². The molecule has 37 heteroatoms. The number of hydrogen-bond donors (Lipinski definition) is 18. The summed E-state index contributed by atoms with van der Waals surface area (Å²) in [6, 6.07) is 7.51. The maximum atomic E-state index is 14.8. The van der Waals surface area contributed by atoms with Crippen LogP contribution in [0.2, 0.25) is 0 Å². The first kappa shape index (κ1) is 80.2. The van der Waals surface area contributed by atoms with Gasteiger partial charge in [0.2, 0.25) is 53.2 Å². The number of carbonyl (C=O) groups excluding carboxylic acids is 9. The van der Waals surface area contributed by atoms with Crippen molar-refractivity contribution in [1.29, 1.82) is 0 Å². The fourth-order valence-corrected chi connectivity index (χ4v) is 11.3. The molecule has 0 saturated heterocycles. The minimum Gasteiger partial charge on any atom is -0.370 e. The molecule has 0 aliphatic rings. The average molecular weight is 1380 g/mol. The summed E-state index contributed by atoms with van der Waals surface area (Å²) in [5.74, 6) is -8.76. The van der Waals surface area contributed by atoms with Crippen LogP contribution >= 0.6 is 21.6 Å². The summed E-state index contributed by atoms with van der Waals surface area (Å²) >= 11 is 0. The molecule has 28 N–H and O–H groups in total. The molecule has 96 heavy (non-hydrogen) atoms. The highest BCUT2D eigenvalue weighted by Gasteiger charge is 2.35. The molecule has 0 unspecified atom stereocenters. The Kier molecular flexibility index (Phi) is 36.0. The largest absolute Gasteiger partial charge is 0.370 e. The normalized spacial score (nSPS) is 13.7. The summed E-state index contributed by atoms with van der Waals surface area (Å²) in [4.78, 5) is 158. The lowest BCUT2D eigenvalue weighted by molar-refractivity contribution is -0.388. The molecule has 3 aromatic rings. The Balaban J connectivity index is 1.99. The van der Waals surface area contributed by atoms with Crippen molar-refractivity contribution in [3.63, 3.8) is 0 Å². The number of pyridine rings is 1. The number of guanidine groups is 4. The van der Waals surface area contributed by atoms with Gasteiger partial charge in [-0.1, -0.05) is 85.3 Å². The smallest absolute Gasteiger partial charge is 0.302 e. The SMILES string of the molecule is CC(C)C[C@H](N)C(=O)N[C@@H](CCCN=C(N)N)C(=O)N[C@@H](CCCN=C(N)N)C(=O)N[C@@H](CCCN=C(N)N)C(=O)N[C@@H](CCCN=C(N)N)C(=O)N[C@@H](Cc1ccccc1)C(=O)N[C@@H](C)C(=O)N[C@@H](Cc1ccccc1)C(=O)N[C@@H](CSSc1ncccc1[N+](=O)[O-])C(N)=O. The Hall–Kier alpha value is -10.0. The maximum Gasteiger partial charge on any atom is 0.302 e. The molecular formula is C59H92N24O11S2. The van der Waals surface area contributed by atoms with Crippen molar-refractivity contribution in [3.8, 4) is 0 Å². The van der Waals surface area contributed by atoms with Crippen LogP contribution in [0.25, 0.3) is 0 Å². The van der Waals surface area contributed by atoms with Crippen LogP contribution < -0.4 is 99.9 Å². The van der Waals surface area contributed by atoms with Gasteiger partial charge in [-0.15, -0.1) is 0 Å². The van der Waals surface area contributed by atoms with Gasteiger partial charge in [-0.05, 0) is 98.6 Å². The molecule has 0 bridgehead atoms. The predicted octanol–water partition coefficient (Wildman–Crippen LogP) is -3.81. The molecule has 9 amide bonds. The van der Waals surface area contributed by atoms with Crippen molar-refractivity contribution in [3.05, 3.63) is 100 Å². The second-order valence-electron chi connectivity index (χ2n) is 22.4. The van der Waals surface area contributed by atoms with Crippen molar-refractivity contribution < 1.29 is 48.1 Å². The van der Waals surface area contributed by atoms with Gasteiger partial charge in [-0.2, -0.15) is 0 Å². The molecule has 3 rings (SSSR count). The summed E-state index contributed by atoms with van der Waals surface area (Å²) in [5, 5.41) is 32.9. The molecule has 9 atom stereocenters. The minimum absolute atomic E-state index is 0.00248. The molecule has 1 heterocycles. The Morgan fingerprint density at radius 2 is 0.812 bits per heavy atom. The number of benzene rings is 2. The molecule has 0 aliphatic carbocycles. The van der Waals surface area contributed by atoms with Crippen molar-refractivity contribution in [2.24, 2.45) is 83.2 Å². The first-order valence-corrected chi connectivity index (χ1v) is 33.0. The van der Waals surface area contributed by atoms with E-state index in [1.807, 2.05) is 13.8 Å². The van der Waals surface area contributed by atoms with E-state index in [9.17, 15) is 53.3 Å². The third kappa shape index (κ3) is 31.7. The third-order valence-electron chi connectivity index (χ3n) is 13.9. The van der Waals surface area contributed by atoms with Gasteiger partial charge in [0.05, 0.1) is 11.0 Å². The Morgan fingerprint density at radius 1 is 0.469 bits per heavy atom. The van der Waals surface area contributed by atoms with E-state index in [0.717, 1.165) is 21.6 Å². The van der Waals surface area contributed by atoms with Crippen LogP contribution in [-0.2, 0) is 56.0 Å². The maximum absolute atomic E-state index is 14.8. The Labute approximate surface area is 563 Å². The summed E-state index contributed by atoms with van der Waals surface area (Å²) in [6.45, 7) is 5.13. The van der Waals surface area contributed by atoms with E-state index in [0.29, 0.717) is 17.5 Å². The van der Waals surface area contributed by atoms with E-state index in [4.69, 9.17) is 57.3 Å². The van der Waals surface area contributed by atoms with Gasteiger partial charge in [0, 0.05) is 57.0 Å². The standard InChI is InChI=1S/C59H92N24O11S2/c1-33(2)29-37(60)48(86)76-38(19-10-25-71-56(62)63)49(87)77-39(20-11-26-72-57(64)65)50(88)78-40(21-12-27-73-58(66)67)51(89)79-41(22-13-28-74-59(68)69)52(90)81-42(30-35-15-6-4-7-16-35)53(91)75-34(3)47(85)80-43(31-36-17-8-5-9-18-36)54(92)82-44(46(61)84)32-95-96-55-45(83(93)94)23-14-24-70-55/h4-9,14-18,23-24,33-34,37-44H,10-13,19-22,25-32,60H2,1-3H3,(H2,61,84)(H,75,91)(H,76,86)(H,77,87)(H,78,88)(H,79,89)(H,80,85)(H,81,90)(H,82,92)(H4,62,63,71)(H4,64,65,72)(H4,66,67,73)(H4,68,69,74)/t34-,37-,38-,39-,40-,41-,42-,43-,44-/m0/s1. The van der Waals surface area contributed by atoms with Crippen molar-refractivity contribution >= 4 is 104 Å². The lowest BCUT2D eigenvalue weighted by Gasteiger charge is -2.28. The summed E-state index contributed by atoms with van der Waals surface area (Å²) < 4.78 is 0. The molecule has 0 fully saturated rings. The number of nitrogens with one attached hydrogen (secondary N) is 8. The summed E-state index contributed by atoms with van der Waals surface area (Å²) in [5.41, 5.74) is 57.3. The molecule has 35 nitrogen and oxygen atoms in total. The number of aliphatic imine (C=N–C) groups is 4. The van der Waals surface area contributed by atoms with Gasteiger partial charge in [0.25, 0.3) is 0 Å². The van der Waals surface area contributed by atoms with Crippen LogP contribution in [0.1, 0.15) is 89.7 Å². The Morgan fingerprint density at radius 3 is 1.18 bits per heavy atom. The Bertz CT molecular complexity index is 3170. The van der Waals surface area contributed by atoms with Crippen LogP contribution in [0, 0.1) is 16.0 Å². The van der Waals surface area contributed by atoms with Gasteiger partial charge in [-0.3, -0.25) is 73.2 Å². The van der Waals surface area contributed by atoms with E-state index >= 15 is 0 Å². The van der Waals surface area contributed by atoms with E-state index in [1.54, 1.807) is 60.7 Å². The van der Waals surface area contributed by atoms with Crippen LogP contribution in [0.4, 0.5) is 5.69 Å². The van der Waals surface area contributed by atoms with Crippen LogP contribution in [0.15, 0.2) is 104 Å². The number of hydrogen-bond acceptors (Lipinski definition) is 19. The highest BCUT2D eigenvalue weighted by molar-refractivity contribution is 8.76. The highest BCUT2D eigenvalue weighted by atomic mass is 33.1. The van der Waals surface area contributed by atoms with Crippen molar-refractivity contribution in [2.45, 2.75) is 151 Å². The molecule has 1 aromatic heterocycles. The van der Waals surface area contributed by atoms with E-state index in [2.05, 4.69) is 67.5 Å².